The Morgan fingerprint density at radius 3 is 2.52 bits per heavy atom. The van der Waals surface area contributed by atoms with Gasteiger partial charge < -0.3 is 15.0 Å². The Bertz CT molecular complexity index is 979. The number of benzene rings is 1. The van der Waals surface area contributed by atoms with Crippen molar-refractivity contribution in [2.45, 2.75) is 25.7 Å². The average molecular weight is 412 g/mol. The van der Waals surface area contributed by atoms with Gasteiger partial charge in [0, 0.05) is 29.5 Å². The fraction of sp³-hybridized carbons (Fsp3) is 0.389. The normalized spacial score (nSPS) is 15.7. The van der Waals surface area contributed by atoms with E-state index in [-0.39, 0.29) is 10.6 Å². The van der Waals surface area contributed by atoms with E-state index in [2.05, 4.69) is 10.3 Å². The molecule has 146 valence electrons. The maximum absolute atomic E-state index is 13.0. The van der Waals surface area contributed by atoms with Gasteiger partial charge in [0.2, 0.25) is 10.0 Å². The van der Waals surface area contributed by atoms with Crippen molar-refractivity contribution in [1.82, 2.24) is 9.29 Å². The first-order chi connectivity index (χ1) is 12.7. The van der Waals surface area contributed by atoms with Crippen LogP contribution >= 0.6 is 11.6 Å². The summed E-state index contributed by atoms with van der Waals surface area (Å²) in [6.07, 6.45) is 0. The van der Waals surface area contributed by atoms with E-state index in [1.54, 1.807) is 39.0 Å². The van der Waals surface area contributed by atoms with Gasteiger partial charge in [0.1, 0.15) is 10.6 Å². The van der Waals surface area contributed by atoms with E-state index in [4.69, 9.17) is 16.3 Å². The van der Waals surface area contributed by atoms with Crippen molar-refractivity contribution in [2.24, 2.45) is 0 Å². The van der Waals surface area contributed by atoms with Gasteiger partial charge in [0.05, 0.1) is 13.2 Å². The topological polar surface area (TPSA) is 91.5 Å². The van der Waals surface area contributed by atoms with Gasteiger partial charge in [-0.25, -0.2) is 8.42 Å². The number of nitrogens with zero attached hydrogens (tertiary/aromatic N) is 1. The largest absolute Gasteiger partial charge is 0.379 e. The summed E-state index contributed by atoms with van der Waals surface area (Å²) in [7, 11) is -3.70. The highest BCUT2D eigenvalue weighted by atomic mass is 35.5. The molecule has 0 radical (unpaired) electrons. The average Bonchev–Trinajstić information content (AvgIpc) is 2.94. The van der Waals surface area contributed by atoms with Gasteiger partial charge in [-0.2, -0.15) is 4.31 Å². The maximum Gasteiger partial charge on any atom is 0.272 e. The summed E-state index contributed by atoms with van der Waals surface area (Å²) in [4.78, 5) is 15.8. The number of amides is 1. The standard InChI is InChI=1S/C18H22ClN3O4S/c1-11-14(19)5-4-6-15(11)21-18(23)16-12(2)17(13(3)20-16)27(24,25)22-7-9-26-10-8-22/h4-6,20H,7-10H2,1-3H3,(H,21,23). The lowest BCUT2D eigenvalue weighted by Crippen LogP contribution is -2.40. The molecule has 0 bridgehead atoms. The Balaban J connectivity index is 1.93. The second-order valence-electron chi connectivity index (χ2n) is 6.46. The summed E-state index contributed by atoms with van der Waals surface area (Å²) in [6, 6.07) is 5.23. The van der Waals surface area contributed by atoms with E-state index in [1.807, 2.05) is 0 Å². The van der Waals surface area contributed by atoms with Crippen molar-refractivity contribution < 1.29 is 17.9 Å². The highest BCUT2D eigenvalue weighted by molar-refractivity contribution is 7.89. The molecule has 1 fully saturated rings. The van der Waals surface area contributed by atoms with E-state index >= 15 is 0 Å². The molecule has 2 aromatic rings. The Kier molecular flexibility index (Phi) is 5.62. The molecular formula is C18H22ClN3O4S. The number of sulfonamides is 1. The third-order valence-corrected chi connectivity index (χ3v) is 7.26. The van der Waals surface area contributed by atoms with Crippen LogP contribution in [0.2, 0.25) is 5.02 Å². The molecule has 0 spiro atoms. The van der Waals surface area contributed by atoms with Crippen molar-refractivity contribution in [2.75, 3.05) is 31.6 Å². The number of carbonyl (C=O) groups excluding carboxylic acids is 1. The van der Waals surface area contributed by atoms with Crippen molar-refractivity contribution >= 4 is 33.2 Å². The second kappa shape index (κ2) is 7.63. The number of carbonyl (C=O) groups is 1. The molecule has 7 nitrogen and oxygen atoms in total. The molecule has 1 aromatic carbocycles. The fourth-order valence-electron chi connectivity index (χ4n) is 3.19. The molecule has 0 aliphatic carbocycles. The highest BCUT2D eigenvalue weighted by Crippen LogP contribution is 2.28. The molecule has 1 aliphatic rings. The number of anilines is 1. The van der Waals surface area contributed by atoms with Crippen LogP contribution in [0, 0.1) is 20.8 Å². The Hall–Kier alpha value is -1.87. The van der Waals surface area contributed by atoms with Crippen molar-refractivity contribution in [3.63, 3.8) is 0 Å². The molecule has 9 heteroatoms. The third kappa shape index (κ3) is 3.75. The summed E-state index contributed by atoms with van der Waals surface area (Å²) < 4.78 is 32.7. The SMILES string of the molecule is Cc1[nH]c(C(=O)Nc2cccc(Cl)c2C)c(C)c1S(=O)(=O)N1CCOCC1. The molecule has 0 saturated carbocycles. The number of aromatic nitrogens is 1. The number of morpholine rings is 1. The first-order valence-corrected chi connectivity index (χ1v) is 10.4. The van der Waals surface area contributed by atoms with E-state index in [0.717, 1.165) is 5.56 Å². The number of hydrogen-bond acceptors (Lipinski definition) is 4. The smallest absolute Gasteiger partial charge is 0.272 e. The predicted octanol–water partition coefficient (Wildman–Crippen LogP) is 2.87. The number of hydrogen-bond donors (Lipinski definition) is 2. The first kappa shape index (κ1) is 19.9. The maximum atomic E-state index is 13.0. The van der Waals surface area contributed by atoms with Gasteiger partial charge in [0.15, 0.2) is 0 Å². The summed E-state index contributed by atoms with van der Waals surface area (Å²) in [6.45, 7) is 6.43. The van der Waals surface area contributed by atoms with Gasteiger partial charge in [0.25, 0.3) is 5.91 Å². The molecule has 1 aromatic heterocycles. The minimum Gasteiger partial charge on any atom is -0.379 e. The van der Waals surface area contributed by atoms with Crippen LogP contribution in [0.15, 0.2) is 23.1 Å². The molecule has 3 rings (SSSR count). The molecule has 1 saturated heterocycles. The van der Waals surface area contributed by atoms with E-state index < -0.39 is 15.9 Å². The number of aryl methyl sites for hydroxylation is 1. The van der Waals surface area contributed by atoms with Crippen LogP contribution in [-0.2, 0) is 14.8 Å². The summed E-state index contributed by atoms with van der Waals surface area (Å²) in [5.41, 5.74) is 2.38. The van der Waals surface area contributed by atoms with Gasteiger partial charge in [-0.1, -0.05) is 17.7 Å². The predicted molar refractivity (Wildman–Crippen MR) is 104 cm³/mol. The molecule has 2 heterocycles. The van der Waals surface area contributed by atoms with Gasteiger partial charge >= 0.3 is 0 Å². The van der Waals surface area contributed by atoms with Crippen LogP contribution in [0.25, 0.3) is 0 Å². The Labute approximate surface area is 163 Å². The lowest BCUT2D eigenvalue weighted by atomic mass is 10.2. The number of H-pyrrole nitrogens is 1. The van der Waals surface area contributed by atoms with Gasteiger partial charge in [-0.15, -0.1) is 0 Å². The molecule has 27 heavy (non-hydrogen) atoms. The summed E-state index contributed by atoms with van der Waals surface area (Å²) in [5, 5.41) is 3.34. The van der Waals surface area contributed by atoms with E-state index in [0.29, 0.717) is 48.3 Å². The monoisotopic (exact) mass is 411 g/mol. The lowest BCUT2D eigenvalue weighted by Gasteiger charge is -2.26. The van der Waals surface area contributed by atoms with Crippen LogP contribution < -0.4 is 5.32 Å². The highest BCUT2D eigenvalue weighted by Gasteiger charge is 2.32. The van der Waals surface area contributed by atoms with Gasteiger partial charge in [-0.05, 0) is 44.0 Å². The number of halogens is 1. The van der Waals surface area contributed by atoms with Crippen LogP contribution in [0.5, 0.6) is 0 Å². The quantitative estimate of drug-likeness (QED) is 0.809. The van der Waals surface area contributed by atoms with Crippen molar-refractivity contribution in [1.29, 1.82) is 0 Å². The van der Waals surface area contributed by atoms with Crippen molar-refractivity contribution in [3.8, 4) is 0 Å². The molecule has 0 atom stereocenters. The summed E-state index contributed by atoms with van der Waals surface area (Å²) in [5.74, 6) is -0.413. The number of ether oxygens (including phenoxy) is 1. The van der Waals surface area contributed by atoms with Gasteiger partial charge in [-0.3, -0.25) is 4.79 Å². The van der Waals surface area contributed by atoms with E-state index in [1.165, 1.54) is 4.31 Å². The van der Waals surface area contributed by atoms with Crippen LogP contribution in [0.1, 0.15) is 27.3 Å². The number of nitrogens with one attached hydrogen (secondary N) is 2. The Morgan fingerprint density at radius 1 is 1.19 bits per heavy atom. The molecular weight excluding hydrogens is 390 g/mol. The zero-order valence-corrected chi connectivity index (χ0v) is 17.0. The minimum absolute atomic E-state index is 0.150. The number of aromatic amines is 1. The summed E-state index contributed by atoms with van der Waals surface area (Å²) >= 11 is 6.10. The van der Waals surface area contributed by atoms with E-state index in [9.17, 15) is 13.2 Å². The Morgan fingerprint density at radius 2 is 1.85 bits per heavy atom. The van der Waals surface area contributed by atoms with Crippen LogP contribution in [0.4, 0.5) is 5.69 Å². The second-order valence-corrected chi connectivity index (χ2v) is 8.74. The van der Waals surface area contributed by atoms with Crippen molar-refractivity contribution in [3.05, 3.63) is 45.7 Å². The molecule has 1 amide bonds. The first-order valence-electron chi connectivity index (χ1n) is 8.57. The lowest BCUT2D eigenvalue weighted by molar-refractivity contribution is 0.0730. The molecule has 0 unspecified atom stereocenters. The number of rotatable bonds is 4. The zero-order chi connectivity index (χ0) is 19.8. The van der Waals surface area contributed by atoms with Crippen LogP contribution in [-0.4, -0.2) is 49.9 Å². The third-order valence-electron chi connectivity index (χ3n) is 4.68. The zero-order valence-electron chi connectivity index (χ0n) is 15.4. The minimum atomic E-state index is -3.70. The fourth-order valence-corrected chi connectivity index (χ4v) is 5.18. The molecule has 2 N–H and O–H groups in total. The molecule has 1 aliphatic heterocycles. The van der Waals surface area contributed by atoms with Crippen LogP contribution in [0.3, 0.4) is 0 Å².